The van der Waals surface area contributed by atoms with Crippen LogP contribution in [0.15, 0.2) is 24.3 Å². The number of esters is 1. The summed E-state index contributed by atoms with van der Waals surface area (Å²) in [7, 11) is 0. The summed E-state index contributed by atoms with van der Waals surface area (Å²) >= 11 is 0. The third-order valence-corrected chi connectivity index (χ3v) is 1.90. The lowest BCUT2D eigenvalue weighted by Gasteiger charge is -2.03. The van der Waals surface area contributed by atoms with Crippen molar-refractivity contribution >= 4 is 17.6 Å². The Hall–Kier alpha value is -2.44. The van der Waals surface area contributed by atoms with Crippen LogP contribution in [-0.2, 0) is 20.7 Å². The summed E-state index contributed by atoms with van der Waals surface area (Å²) in [4.78, 5) is 31.7. The number of para-hydroxylation sites is 1. The monoisotopic (exact) mass is 238 g/mol. The fourth-order valence-corrected chi connectivity index (χ4v) is 1.20. The first-order valence-electron chi connectivity index (χ1n) is 4.67. The molecule has 17 heavy (non-hydrogen) atoms. The molecule has 0 unspecified atom stereocenters. The second kappa shape index (κ2) is 5.59. The van der Waals surface area contributed by atoms with Gasteiger partial charge in [-0.1, -0.05) is 18.2 Å². The van der Waals surface area contributed by atoms with Crippen molar-refractivity contribution in [3.63, 3.8) is 0 Å². The maximum Gasteiger partial charge on any atom is 0.311 e. The number of primary amides is 1. The fourth-order valence-electron chi connectivity index (χ4n) is 1.20. The Bertz CT molecular complexity index is 458. The molecular formula is C10H10N2O5. The number of benzene rings is 1. The van der Waals surface area contributed by atoms with Crippen LogP contribution in [-0.4, -0.2) is 23.4 Å². The van der Waals surface area contributed by atoms with Gasteiger partial charge in [0.15, 0.2) is 6.61 Å². The molecule has 1 amide bonds. The van der Waals surface area contributed by atoms with Gasteiger partial charge in [-0.15, -0.1) is 0 Å². The summed E-state index contributed by atoms with van der Waals surface area (Å²) in [6.07, 6.45) is -0.273. The van der Waals surface area contributed by atoms with Crippen LogP contribution in [0.5, 0.6) is 0 Å². The Morgan fingerprint density at radius 3 is 2.59 bits per heavy atom. The summed E-state index contributed by atoms with van der Waals surface area (Å²) in [5.41, 5.74) is 4.85. The number of carbonyl (C=O) groups excluding carboxylic acids is 2. The van der Waals surface area contributed by atoms with E-state index < -0.39 is 23.4 Å². The van der Waals surface area contributed by atoms with Gasteiger partial charge in [0.05, 0.1) is 11.3 Å². The minimum Gasteiger partial charge on any atom is -0.455 e. The lowest BCUT2D eigenvalue weighted by atomic mass is 10.1. The zero-order valence-electron chi connectivity index (χ0n) is 8.79. The highest BCUT2D eigenvalue weighted by molar-refractivity contribution is 5.80. The Morgan fingerprint density at radius 1 is 1.35 bits per heavy atom. The van der Waals surface area contributed by atoms with Gasteiger partial charge >= 0.3 is 5.97 Å². The van der Waals surface area contributed by atoms with Gasteiger partial charge in [-0.25, -0.2) is 0 Å². The maximum atomic E-state index is 11.2. The van der Waals surface area contributed by atoms with Crippen molar-refractivity contribution in [1.29, 1.82) is 0 Å². The van der Waals surface area contributed by atoms with E-state index in [0.717, 1.165) is 0 Å². The maximum absolute atomic E-state index is 11.2. The standard InChI is InChI=1S/C10H10N2O5/c11-9(13)6-17-10(14)5-7-3-1-2-4-8(7)12(15)16/h1-4H,5-6H2,(H2,11,13). The van der Waals surface area contributed by atoms with Crippen molar-refractivity contribution in [2.24, 2.45) is 5.73 Å². The Balaban J connectivity index is 2.71. The first-order chi connectivity index (χ1) is 8.00. The topological polar surface area (TPSA) is 113 Å². The number of carbonyl (C=O) groups is 2. The highest BCUT2D eigenvalue weighted by Gasteiger charge is 2.16. The molecule has 2 N–H and O–H groups in total. The summed E-state index contributed by atoms with van der Waals surface area (Å²) < 4.78 is 4.51. The molecular weight excluding hydrogens is 228 g/mol. The van der Waals surface area contributed by atoms with Gasteiger partial charge in [0.2, 0.25) is 0 Å². The molecule has 0 aliphatic rings. The van der Waals surface area contributed by atoms with Crippen LogP contribution in [0.2, 0.25) is 0 Å². The molecule has 1 aromatic carbocycles. The number of hydrogen-bond donors (Lipinski definition) is 1. The van der Waals surface area contributed by atoms with Crippen molar-refractivity contribution in [3.05, 3.63) is 39.9 Å². The second-order valence-electron chi connectivity index (χ2n) is 3.19. The van der Waals surface area contributed by atoms with Crippen molar-refractivity contribution in [3.8, 4) is 0 Å². The van der Waals surface area contributed by atoms with Gasteiger partial charge in [0.25, 0.3) is 11.6 Å². The number of amides is 1. The van der Waals surface area contributed by atoms with Gasteiger partial charge < -0.3 is 10.5 Å². The highest BCUT2D eigenvalue weighted by Crippen LogP contribution is 2.18. The number of rotatable bonds is 5. The average Bonchev–Trinajstić information content (AvgIpc) is 2.27. The van der Waals surface area contributed by atoms with Gasteiger partial charge in [-0.3, -0.25) is 19.7 Å². The van der Waals surface area contributed by atoms with E-state index in [1.165, 1.54) is 18.2 Å². The van der Waals surface area contributed by atoms with Crippen LogP contribution in [0, 0.1) is 10.1 Å². The third kappa shape index (κ3) is 3.90. The highest BCUT2D eigenvalue weighted by atomic mass is 16.6. The lowest BCUT2D eigenvalue weighted by Crippen LogP contribution is -2.21. The van der Waals surface area contributed by atoms with E-state index in [2.05, 4.69) is 4.74 Å². The molecule has 7 nitrogen and oxygen atoms in total. The van der Waals surface area contributed by atoms with Gasteiger partial charge in [-0.2, -0.15) is 0 Å². The SMILES string of the molecule is NC(=O)COC(=O)Cc1ccccc1[N+](=O)[O-]. The molecule has 0 heterocycles. The van der Waals surface area contributed by atoms with E-state index in [4.69, 9.17) is 5.73 Å². The van der Waals surface area contributed by atoms with E-state index in [9.17, 15) is 19.7 Å². The van der Waals surface area contributed by atoms with E-state index >= 15 is 0 Å². The largest absolute Gasteiger partial charge is 0.455 e. The molecule has 1 aromatic rings. The van der Waals surface area contributed by atoms with Crippen molar-refractivity contribution in [2.75, 3.05) is 6.61 Å². The number of nitro groups is 1. The molecule has 0 bridgehead atoms. The van der Waals surface area contributed by atoms with Crippen LogP contribution in [0.1, 0.15) is 5.56 Å². The quantitative estimate of drug-likeness (QED) is 0.446. The minimum absolute atomic E-state index is 0.163. The van der Waals surface area contributed by atoms with Gasteiger partial charge in [-0.05, 0) is 0 Å². The number of ether oxygens (including phenoxy) is 1. The van der Waals surface area contributed by atoms with Crippen molar-refractivity contribution < 1.29 is 19.2 Å². The van der Waals surface area contributed by atoms with E-state index in [1.807, 2.05) is 0 Å². The summed E-state index contributed by atoms with van der Waals surface area (Å²) in [5, 5.41) is 10.6. The van der Waals surface area contributed by atoms with Crippen LogP contribution >= 0.6 is 0 Å². The summed E-state index contributed by atoms with van der Waals surface area (Å²) in [6.45, 7) is -0.528. The zero-order chi connectivity index (χ0) is 12.8. The minimum atomic E-state index is -0.777. The molecule has 0 aromatic heterocycles. The van der Waals surface area contributed by atoms with Crippen LogP contribution in [0.4, 0.5) is 5.69 Å². The average molecular weight is 238 g/mol. The molecule has 0 spiro atoms. The molecule has 0 saturated carbocycles. The fraction of sp³-hybridized carbons (Fsp3) is 0.200. The Labute approximate surface area is 96.3 Å². The first kappa shape index (κ1) is 12.6. The zero-order valence-corrected chi connectivity index (χ0v) is 8.79. The number of nitro benzene ring substituents is 1. The first-order valence-corrected chi connectivity index (χ1v) is 4.67. The third-order valence-electron chi connectivity index (χ3n) is 1.90. The molecule has 0 aliphatic carbocycles. The number of nitrogens with zero attached hydrogens (tertiary/aromatic N) is 1. The van der Waals surface area contributed by atoms with Crippen molar-refractivity contribution in [2.45, 2.75) is 6.42 Å². The molecule has 7 heteroatoms. The van der Waals surface area contributed by atoms with E-state index in [-0.39, 0.29) is 17.7 Å². The lowest BCUT2D eigenvalue weighted by molar-refractivity contribution is -0.385. The molecule has 0 fully saturated rings. The smallest absolute Gasteiger partial charge is 0.311 e. The van der Waals surface area contributed by atoms with E-state index in [1.54, 1.807) is 6.07 Å². The second-order valence-corrected chi connectivity index (χ2v) is 3.19. The predicted octanol–water partition coefficient (Wildman–Crippen LogP) is 0.166. The molecule has 0 radical (unpaired) electrons. The van der Waals surface area contributed by atoms with Gasteiger partial charge in [0, 0.05) is 11.6 Å². The molecule has 90 valence electrons. The normalized spacial score (nSPS) is 9.65. The Morgan fingerprint density at radius 2 is 2.00 bits per heavy atom. The predicted molar refractivity (Wildman–Crippen MR) is 57.0 cm³/mol. The molecule has 1 rings (SSSR count). The van der Waals surface area contributed by atoms with E-state index in [0.29, 0.717) is 0 Å². The van der Waals surface area contributed by atoms with Crippen molar-refractivity contribution in [1.82, 2.24) is 0 Å². The summed E-state index contributed by atoms with van der Waals surface area (Å²) in [6, 6.07) is 5.81. The molecule has 0 saturated heterocycles. The van der Waals surface area contributed by atoms with Crippen LogP contribution in [0.3, 0.4) is 0 Å². The molecule has 0 atom stereocenters. The summed E-state index contributed by atoms with van der Waals surface area (Å²) in [5.74, 6) is -1.51. The number of nitrogens with two attached hydrogens (primary N) is 1. The molecule has 0 aliphatic heterocycles. The van der Waals surface area contributed by atoms with Crippen LogP contribution < -0.4 is 5.73 Å². The number of hydrogen-bond acceptors (Lipinski definition) is 5. The van der Waals surface area contributed by atoms with Crippen LogP contribution in [0.25, 0.3) is 0 Å². The Kier molecular flexibility index (Phi) is 4.15. The van der Waals surface area contributed by atoms with Gasteiger partial charge in [0.1, 0.15) is 0 Å².